The second-order valence-corrected chi connectivity index (χ2v) is 5.31. The molecule has 0 aliphatic carbocycles. The number of anilines is 1. The number of carbonyl (C=O) groups is 3. The van der Waals surface area contributed by atoms with Crippen LogP contribution in [-0.4, -0.2) is 38.0 Å². The van der Waals surface area contributed by atoms with E-state index in [-0.39, 0.29) is 12.4 Å². The Labute approximate surface area is 150 Å². The Hall–Kier alpha value is -3.35. The Morgan fingerprint density at radius 2 is 1.50 bits per heavy atom. The lowest BCUT2D eigenvalue weighted by Crippen LogP contribution is -2.23. The molecule has 0 fully saturated rings. The molecule has 0 unspecified atom stereocenters. The summed E-state index contributed by atoms with van der Waals surface area (Å²) in [6, 6.07) is 13.1. The SMILES string of the molecule is COc1ccc(OCC(=O)OCC(=O)Nc2ccc(C(C)=O)cc2)cc1. The number of esters is 1. The number of ether oxygens (including phenoxy) is 3. The van der Waals surface area contributed by atoms with E-state index in [4.69, 9.17) is 14.2 Å². The molecule has 0 radical (unpaired) electrons. The minimum Gasteiger partial charge on any atom is -0.497 e. The molecular weight excluding hydrogens is 338 g/mol. The van der Waals surface area contributed by atoms with Gasteiger partial charge in [0.15, 0.2) is 19.0 Å². The maximum absolute atomic E-state index is 11.8. The summed E-state index contributed by atoms with van der Waals surface area (Å²) in [6.07, 6.45) is 0. The summed E-state index contributed by atoms with van der Waals surface area (Å²) in [5.41, 5.74) is 1.05. The first kappa shape index (κ1) is 19.0. The number of hydrogen-bond acceptors (Lipinski definition) is 6. The molecule has 2 aromatic carbocycles. The first-order valence-corrected chi connectivity index (χ1v) is 7.81. The number of rotatable bonds is 8. The van der Waals surface area contributed by atoms with Crippen LogP contribution in [-0.2, 0) is 14.3 Å². The lowest BCUT2D eigenvalue weighted by atomic mass is 10.1. The average molecular weight is 357 g/mol. The molecule has 26 heavy (non-hydrogen) atoms. The van der Waals surface area contributed by atoms with E-state index in [1.54, 1.807) is 55.6 Å². The Kier molecular flexibility index (Phi) is 6.73. The quantitative estimate of drug-likeness (QED) is 0.576. The number of carbonyl (C=O) groups excluding carboxylic acids is 3. The van der Waals surface area contributed by atoms with Gasteiger partial charge < -0.3 is 19.5 Å². The summed E-state index contributed by atoms with van der Waals surface area (Å²) in [4.78, 5) is 34.6. The van der Waals surface area contributed by atoms with Crippen molar-refractivity contribution in [3.63, 3.8) is 0 Å². The Balaban J connectivity index is 1.72. The first-order valence-electron chi connectivity index (χ1n) is 7.81. The summed E-state index contributed by atoms with van der Waals surface area (Å²) in [5.74, 6) is -0.0550. The van der Waals surface area contributed by atoms with Gasteiger partial charge in [0.1, 0.15) is 11.5 Å². The molecule has 2 rings (SSSR count). The van der Waals surface area contributed by atoms with Crippen molar-refractivity contribution in [3.8, 4) is 11.5 Å². The van der Waals surface area contributed by atoms with Gasteiger partial charge in [0.05, 0.1) is 7.11 Å². The predicted molar refractivity (Wildman–Crippen MR) is 94.5 cm³/mol. The minimum atomic E-state index is -0.664. The van der Waals surface area contributed by atoms with Crippen LogP contribution in [0.2, 0.25) is 0 Å². The van der Waals surface area contributed by atoms with Crippen LogP contribution in [0.3, 0.4) is 0 Å². The van der Waals surface area contributed by atoms with Crippen LogP contribution in [0.25, 0.3) is 0 Å². The number of amides is 1. The van der Waals surface area contributed by atoms with E-state index in [1.807, 2.05) is 0 Å². The second-order valence-electron chi connectivity index (χ2n) is 5.31. The van der Waals surface area contributed by atoms with Crippen LogP contribution >= 0.6 is 0 Å². The monoisotopic (exact) mass is 357 g/mol. The molecule has 0 spiro atoms. The molecule has 0 heterocycles. The van der Waals surface area contributed by atoms with E-state index < -0.39 is 18.5 Å². The van der Waals surface area contributed by atoms with Gasteiger partial charge >= 0.3 is 5.97 Å². The molecule has 0 saturated carbocycles. The van der Waals surface area contributed by atoms with Crippen molar-refractivity contribution in [2.75, 3.05) is 25.6 Å². The van der Waals surface area contributed by atoms with Crippen molar-refractivity contribution in [1.29, 1.82) is 0 Å². The summed E-state index contributed by atoms with van der Waals surface area (Å²) in [5, 5.41) is 2.57. The number of benzene rings is 2. The van der Waals surface area contributed by atoms with Crippen LogP contribution in [0.15, 0.2) is 48.5 Å². The van der Waals surface area contributed by atoms with Gasteiger partial charge in [-0.3, -0.25) is 9.59 Å². The van der Waals surface area contributed by atoms with E-state index in [9.17, 15) is 14.4 Å². The van der Waals surface area contributed by atoms with Crippen LogP contribution in [0.4, 0.5) is 5.69 Å². The van der Waals surface area contributed by atoms with Gasteiger partial charge in [-0.05, 0) is 55.5 Å². The molecule has 0 bridgehead atoms. The van der Waals surface area contributed by atoms with Crippen molar-refractivity contribution in [2.24, 2.45) is 0 Å². The normalized spacial score (nSPS) is 9.92. The molecule has 1 amide bonds. The minimum absolute atomic E-state index is 0.0614. The number of methoxy groups -OCH3 is 1. The van der Waals surface area contributed by atoms with E-state index in [1.165, 1.54) is 6.92 Å². The van der Waals surface area contributed by atoms with Crippen LogP contribution in [0, 0.1) is 0 Å². The number of ketones is 1. The molecule has 0 aliphatic heterocycles. The summed E-state index contributed by atoms with van der Waals surface area (Å²) in [7, 11) is 1.55. The lowest BCUT2D eigenvalue weighted by Gasteiger charge is -2.08. The maximum Gasteiger partial charge on any atom is 0.344 e. The van der Waals surface area contributed by atoms with Gasteiger partial charge in [-0.1, -0.05) is 0 Å². The third-order valence-corrected chi connectivity index (χ3v) is 3.36. The molecule has 2 aromatic rings. The zero-order chi connectivity index (χ0) is 18.9. The number of hydrogen-bond donors (Lipinski definition) is 1. The van der Waals surface area contributed by atoms with Gasteiger partial charge in [-0.15, -0.1) is 0 Å². The fourth-order valence-electron chi connectivity index (χ4n) is 1.99. The smallest absolute Gasteiger partial charge is 0.344 e. The zero-order valence-electron chi connectivity index (χ0n) is 14.5. The average Bonchev–Trinajstić information content (AvgIpc) is 2.65. The van der Waals surface area contributed by atoms with Crippen molar-refractivity contribution >= 4 is 23.3 Å². The van der Waals surface area contributed by atoms with Crippen molar-refractivity contribution in [2.45, 2.75) is 6.92 Å². The standard InChI is InChI=1S/C19H19NO6/c1-13(21)14-3-5-15(6-4-14)20-18(22)11-26-19(23)12-25-17-9-7-16(24-2)8-10-17/h3-10H,11-12H2,1-2H3,(H,20,22). The molecule has 1 N–H and O–H groups in total. The summed E-state index contributed by atoms with van der Waals surface area (Å²) >= 11 is 0. The van der Waals surface area contributed by atoms with E-state index in [2.05, 4.69) is 5.32 Å². The highest BCUT2D eigenvalue weighted by molar-refractivity contribution is 5.96. The second kappa shape index (κ2) is 9.22. The Morgan fingerprint density at radius 3 is 2.08 bits per heavy atom. The van der Waals surface area contributed by atoms with E-state index in [0.717, 1.165) is 0 Å². The van der Waals surface area contributed by atoms with Crippen LogP contribution < -0.4 is 14.8 Å². The number of nitrogens with one attached hydrogen (secondary N) is 1. The predicted octanol–water partition coefficient (Wildman–Crippen LogP) is 2.46. The molecule has 7 nitrogen and oxygen atoms in total. The fraction of sp³-hybridized carbons (Fsp3) is 0.211. The molecule has 0 atom stereocenters. The van der Waals surface area contributed by atoms with Crippen LogP contribution in [0.5, 0.6) is 11.5 Å². The lowest BCUT2D eigenvalue weighted by molar-refractivity contribution is -0.149. The van der Waals surface area contributed by atoms with Crippen molar-refractivity contribution in [3.05, 3.63) is 54.1 Å². The summed E-state index contributed by atoms with van der Waals surface area (Å²) < 4.78 is 15.1. The highest BCUT2D eigenvalue weighted by Crippen LogP contribution is 2.16. The largest absolute Gasteiger partial charge is 0.497 e. The zero-order valence-corrected chi connectivity index (χ0v) is 14.5. The molecule has 0 aromatic heterocycles. The summed E-state index contributed by atoms with van der Waals surface area (Å²) in [6.45, 7) is 0.716. The maximum atomic E-state index is 11.8. The van der Waals surface area contributed by atoms with Gasteiger partial charge in [0, 0.05) is 11.3 Å². The topological polar surface area (TPSA) is 90.9 Å². The van der Waals surface area contributed by atoms with Crippen molar-refractivity contribution < 1.29 is 28.6 Å². The Bertz CT molecular complexity index is 768. The van der Waals surface area contributed by atoms with E-state index in [0.29, 0.717) is 22.7 Å². The van der Waals surface area contributed by atoms with Gasteiger partial charge in [-0.25, -0.2) is 4.79 Å². The highest BCUT2D eigenvalue weighted by Gasteiger charge is 2.09. The van der Waals surface area contributed by atoms with E-state index >= 15 is 0 Å². The fourth-order valence-corrected chi connectivity index (χ4v) is 1.99. The highest BCUT2D eigenvalue weighted by atomic mass is 16.6. The molecule has 7 heteroatoms. The molecular formula is C19H19NO6. The third kappa shape index (κ3) is 5.94. The Morgan fingerprint density at radius 1 is 0.885 bits per heavy atom. The van der Waals surface area contributed by atoms with Crippen molar-refractivity contribution in [1.82, 2.24) is 0 Å². The number of Topliss-reactive ketones (excluding diaryl/α,β-unsaturated/α-hetero) is 1. The van der Waals surface area contributed by atoms with Gasteiger partial charge in [-0.2, -0.15) is 0 Å². The third-order valence-electron chi connectivity index (χ3n) is 3.36. The molecule has 136 valence electrons. The molecule has 0 saturated heterocycles. The van der Waals surface area contributed by atoms with Crippen LogP contribution in [0.1, 0.15) is 17.3 Å². The van der Waals surface area contributed by atoms with Gasteiger partial charge in [0.25, 0.3) is 5.91 Å². The van der Waals surface area contributed by atoms with Gasteiger partial charge in [0.2, 0.25) is 0 Å². The molecule has 0 aliphatic rings. The first-order chi connectivity index (χ1) is 12.5.